The third kappa shape index (κ3) is 3.11. The van der Waals surface area contributed by atoms with Crippen molar-refractivity contribution >= 4 is 11.4 Å². The summed E-state index contributed by atoms with van der Waals surface area (Å²) >= 11 is 0. The van der Waals surface area contributed by atoms with E-state index >= 15 is 0 Å². The molecule has 0 spiro atoms. The summed E-state index contributed by atoms with van der Waals surface area (Å²) in [4.78, 5) is 11.2. The number of halogens is 1. The van der Waals surface area contributed by atoms with Crippen LogP contribution in [0.3, 0.4) is 0 Å². The van der Waals surface area contributed by atoms with Crippen molar-refractivity contribution in [1.82, 2.24) is 19.5 Å². The SMILES string of the molecule is CC(C)N1C(c2nc(Cc3ccccc3F)n3ncccc23)=NC(N)=CC1N. The molecule has 144 valence electrons. The Morgan fingerprint density at radius 1 is 1.18 bits per heavy atom. The van der Waals surface area contributed by atoms with Gasteiger partial charge in [-0.05, 0) is 43.7 Å². The summed E-state index contributed by atoms with van der Waals surface area (Å²) in [5, 5.41) is 4.41. The maximum absolute atomic E-state index is 14.2. The van der Waals surface area contributed by atoms with E-state index in [0.717, 1.165) is 5.52 Å². The van der Waals surface area contributed by atoms with Gasteiger partial charge in [0.15, 0.2) is 5.84 Å². The fraction of sp³-hybridized carbons (Fsp3) is 0.250. The predicted octanol–water partition coefficient (Wildman–Crippen LogP) is 2.01. The molecule has 2 aromatic heterocycles. The Balaban J connectivity index is 1.87. The van der Waals surface area contributed by atoms with Crippen LogP contribution < -0.4 is 11.5 Å². The molecule has 8 heteroatoms. The monoisotopic (exact) mass is 379 g/mol. The third-order valence-corrected chi connectivity index (χ3v) is 4.70. The number of rotatable bonds is 4. The minimum absolute atomic E-state index is 0.0848. The highest BCUT2D eigenvalue weighted by Gasteiger charge is 2.29. The summed E-state index contributed by atoms with van der Waals surface area (Å²) < 4.78 is 15.9. The van der Waals surface area contributed by atoms with Gasteiger partial charge in [0.25, 0.3) is 0 Å². The van der Waals surface area contributed by atoms with E-state index < -0.39 is 6.17 Å². The number of hydrogen-bond donors (Lipinski definition) is 2. The van der Waals surface area contributed by atoms with Gasteiger partial charge in [0.1, 0.15) is 29.3 Å². The second-order valence-corrected chi connectivity index (χ2v) is 6.98. The van der Waals surface area contributed by atoms with E-state index in [1.807, 2.05) is 30.9 Å². The Labute approximate surface area is 162 Å². The van der Waals surface area contributed by atoms with Crippen molar-refractivity contribution in [1.29, 1.82) is 0 Å². The minimum atomic E-state index is -0.407. The van der Waals surface area contributed by atoms with Gasteiger partial charge in [-0.15, -0.1) is 0 Å². The van der Waals surface area contributed by atoms with Gasteiger partial charge in [-0.25, -0.2) is 18.9 Å². The Morgan fingerprint density at radius 2 is 1.96 bits per heavy atom. The number of nitrogens with zero attached hydrogens (tertiary/aromatic N) is 5. The number of amidine groups is 1. The van der Waals surface area contributed by atoms with E-state index in [0.29, 0.717) is 35.2 Å². The van der Waals surface area contributed by atoms with Crippen molar-refractivity contribution in [3.05, 3.63) is 77.4 Å². The fourth-order valence-corrected chi connectivity index (χ4v) is 3.46. The van der Waals surface area contributed by atoms with Gasteiger partial charge in [0.05, 0.1) is 5.52 Å². The molecule has 1 aromatic carbocycles. The van der Waals surface area contributed by atoms with Crippen LogP contribution in [-0.2, 0) is 6.42 Å². The molecule has 0 radical (unpaired) electrons. The molecule has 1 aliphatic heterocycles. The summed E-state index contributed by atoms with van der Waals surface area (Å²) in [6.45, 7) is 4.06. The smallest absolute Gasteiger partial charge is 0.161 e. The summed E-state index contributed by atoms with van der Waals surface area (Å²) in [5.74, 6) is 1.28. The number of imidazole rings is 1. The normalized spacial score (nSPS) is 17.2. The highest BCUT2D eigenvalue weighted by atomic mass is 19.1. The Kier molecular flexibility index (Phi) is 4.56. The lowest BCUT2D eigenvalue weighted by Crippen LogP contribution is -2.51. The third-order valence-electron chi connectivity index (χ3n) is 4.70. The van der Waals surface area contributed by atoms with Gasteiger partial charge in [0, 0.05) is 18.7 Å². The van der Waals surface area contributed by atoms with Crippen LogP contribution in [0.4, 0.5) is 4.39 Å². The molecular formula is C20H22FN7. The molecule has 4 N–H and O–H groups in total. The summed E-state index contributed by atoms with van der Waals surface area (Å²) in [6.07, 6.45) is 3.28. The first-order chi connectivity index (χ1) is 13.5. The van der Waals surface area contributed by atoms with Crippen LogP contribution in [0.5, 0.6) is 0 Å². The summed E-state index contributed by atoms with van der Waals surface area (Å²) in [7, 11) is 0. The fourth-order valence-electron chi connectivity index (χ4n) is 3.46. The molecule has 4 rings (SSSR count). The zero-order chi connectivity index (χ0) is 19.8. The Hall–Kier alpha value is -3.26. The second-order valence-electron chi connectivity index (χ2n) is 6.98. The van der Waals surface area contributed by atoms with Crippen molar-refractivity contribution in [2.45, 2.75) is 32.5 Å². The van der Waals surface area contributed by atoms with Crippen molar-refractivity contribution < 1.29 is 4.39 Å². The van der Waals surface area contributed by atoms with Gasteiger partial charge in [-0.3, -0.25) is 0 Å². The highest BCUT2D eigenvalue weighted by molar-refractivity contribution is 6.04. The van der Waals surface area contributed by atoms with Crippen LogP contribution in [-0.4, -0.2) is 37.5 Å². The molecule has 0 aliphatic carbocycles. The number of benzene rings is 1. The largest absolute Gasteiger partial charge is 0.384 e. The number of aliphatic imine (C=N–C) groups is 1. The van der Waals surface area contributed by atoms with Gasteiger partial charge < -0.3 is 16.4 Å². The molecule has 0 fully saturated rings. The van der Waals surface area contributed by atoms with Crippen molar-refractivity contribution in [2.75, 3.05) is 0 Å². The molecule has 0 saturated carbocycles. The lowest BCUT2D eigenvalue weighted by molar-refractivity contribution is 0.298. The molecule has 3 aromatic rings. The van der Waals surface area contributed by atoms with Gasteiger partial charge in [0.2, 0.25) is 0 Å². The van der Waals surface area contributed by atoms with E-state index in [1.54, 1.807) is 35.0 Å². The van der Waals surface area contributed by atoms with Gasteiger partial charge in [-0.2, -0.15) is 5.10 Å². The average Bonchev–Trinajstić information content (AvgIpc) is 3.01. The maximum Gasteiger partial charge on any atom is 0.161 e. The van der Waals surface area contributed by atoms with Crippen LogP contribution >= 0.6 is 0 Å². The predicted molar refractivity (Wildman–Crippen MR) is 106 cm³/mol. The highest BCUT2D eigenvalue weighted by Crippen LogP contribution is 2.23. The zero-order valence-corrected chi connectivity index (χ0v) is 15.7. The molecule has 0 amide bonds. The van der Waals surface area contributed by atoms with Crippen molar-refractivity contribution in [2.24, 2.45) is 16.5 Å². The molecule has 1 unspecified atom stereocenters. The molecule has 3 heterocycles. The topological polar surface area (TPSA) is 97.8 Å². The Bertz CT molecular complexity index is 1080. The average molecular weight is 379 g/mol. The van der Waals surface area contributed by atoms with Crippen LogP contribution in [0.25, 0.3) is 5.52 Å². The van der Waals surface area contributed by atoms with Crippen LogP contribution in [0.15, 0.2) is 59.5 Å². The number of nitrogens with two attached hydrogens (primary N) is 2. The first-order valence-corrected chi connectivity index (χ1v) is 9.12. The van der Waals surface area contributed by atoms with E-state index in [9.17, 15) is 4.39 Å². The number of hydrogen-bond acceptors (Lipinski definition) is 6. The first-order valence-electron chi connectivity index (χ1n) is 9.12. The zero-order valence-electron chi connectivity index (χ0n) is 15.7. The summed E-state index contributed by atoms with van der Waals surface area (Å²) in [6, 6.07) is 10.5. The van der Waals surface area contributed by atoms with E-state index in [4.69, 9.17) is 16.5 Å². The molecule has 0 saturated heterocycles. The molecule has 7 nitrogen and oxygen atoms in total. The quantitative estimate of drug-likeness (QED) is 0.723. The van der Waals surface area contributed by atoms with Crippen molar-refractivity contribution in [3.8, 4) is 0 Å². The lowest BCUT2D eigenvalue weighted by atomic mass is 10.1. The van der Waals surface area contributed by atoms with E-state index in [1.165, 1.54) is 6.07 Å². The molecule has 1 aliphatic rings. The second kappa shape index (κ2) is 7.05. The number of fused-ring (bicyclic) bond motifs is 1. The summed E-state index contributed by atoms with van der Waals surface area (Å²) in [5.41, 5.74) is 14.2. The number of aromatic nitrogens is 3. The molecule has 0 bridgehead atoms. The molecule has 1 atom stereocenters. The van der Waals surface area contributed by atoms with Crippen molar-refractivity contribution in [3.63, 3.8) is 0 Å². The van der Waals surface area contributed by atoms with Gasteiger partial charge in [-0.1, -0.05) is 18.2 Å². The lowest BCUT2D eigenvalue weighted by Gasteiger charge is -2.35. The first kappa shape index (κ1) is 18.1. The van der Waals surface area contributed by atoms with Crippen LogP contribution in [0.2, 0.25) is 0 Å². The minimum Gasteiger partial charge on any atom is -0.384 e. The Morgan fingerprint density at radius 3 is 2.71 bits per heavy atom. The standard InChI is InChI=1S/C20H22FN7/c1-12(2)27-17(23)11-16(22)25-20(27)19-15-8-5-9-24-28(15)18(26-19)10-13-6-3-4-7-14(13)21/h3-9,11-12,17H,10,22-23H2,1-2H3. The molecule has 28 heavy (non-hydrogen) atoms. The molecular weight excluding hydrogens is 357 g/mol. The van der Waals surface area contributed by atoms with Crippen LogP contribution in [0, 0.1) is 5.82 Å². The van der Waals surface area contributed by atoms with E-state index in [2.05, 4.69) is 10.1 Å². The van der Waals surface area contributed by atoms with Gasteiger partial charge >= 0.3 is 0 Å². The maximum atomic E-state index is 14.2. The van der Waals surface area contributed by atoms with Crippen LogP contribution in [0.1, 0.15) is 30.9 Å². The van der Waals surface area contributed by atoms with E-state index in [-0.39, 0.29) is 11.9 Å².